The molecule has 0 amide bonds. The molecular formula is C11H14BrN3. The normalized spacial score (nSPS) is 21.9. The third kappa shape index (κ3) is 1.61. The fourth-order valence-corrected chi connectivity index (χ4v) is 2.73. The largest absolute Gasteiger partial charge is 0.382 e. The highest BCUT2D eigenvalue weighted by atomic mass is 79.9. The van der Waals surface area contributed by atoms with Gasteiger partial charge in [-0.15, -0.1) is 0 Å². The zero-order chi connectivity index (χ0) is 10.3. The van der Waals surface area contributed by atoms with Crippen molar-refractivity contribution in [1.29, 1.82) is 0 Å². The summed E-state index contributed by atoms with van der Waals surface area (Å²) in [5, 5.41) is 7.04. The minimum Gasteiger partial charge on any atom is -0.382 e. The van der Waals surface area contributed by atoms with Crippen LogP contribution in [0.2, 0.25) is 0 Å². The Labute approximate surface area is 97.8 Å². The second-order valence-corrected chi connectivity index (χ2v) is 5.40. The summed E-state index contributed by atoms with van der Waals surface area (Å²) in [6.07, 6.45) is 6.96. The fraction of sp³-hybridized carbons (Fsp3) is 0.545. The van der Waals surface area contributed by atoms with Crippen molar-refractivity contribution in [2.24, 2.45) is 0 Å². The Bertz CT molecular complexity index is 387. The molecule has 2 aliphatic rings. The average molecular weight is 268 g/mol. The first-order chi connectivity index (χ1) is 7.27. The van der Waals surface area contributed by atoms with Crippen molar-refractivity contribution in [3.8, 4) is 0 Å². The van der Waals surface area contributed by atoms with Gasteiger partial charge in [0.05, 0.1) is 5.69 Å². The number of hydrogen-bond acceptors (Lipinski definition) is 3. The van der Waals surface area contributed by atoms with Gasteiger partial charge in [0.25, 0.3) is 0 Å². The number of nitrogens with zero attached hydrogens (tertiary/aromatic N) is 1. The number of fused-ring (bicyclic) bond motifs is 1. The lowest BCUT2D eigenvalue weighted by Gasteiger charge is -2.42. The topological polar surface area (TPSA) is 37.0 Å². The highest BCUT2D eigenvalue weighted by Crippen LogP contribution is 2.41. The van der Waals surface area contributed by atoms with Gasteiger partial charge in [0.2, 0.25) is 0 Å². The van der Waals surface area contributed by atoms with Crippen molar-refractivity contribution < 1.29 is 0 Å². The first-order valence-corrected chi connectivity index (χ1v) is 6.24. The van der Waals surface area contributed by atoms with Crippen LogP contribution in [-0.2, 0) is 0 Å². The van der Waals surface area contributed by atoms with Gasteiger partial charge in [-0.2, -0.15) is 0 Å². The zero-order valence-corrected chi connectivity index (χ0v) is 10.1. The Morgan fingerprint density at radius 1 is 1.33 bits per heavy atom. The molecule has 1 aliphatic heterocycles. The number of anilines is 2. The van der Waals surface area contributed by atoms with Crippen LogP contribution < -0.4 is 10.6 Å². The molecule has 1 saturated carbocycles. The number of hydrogen-bond donors (Lipinski definition) is 2. The van der Waals surface area contributed by atoms with Crippen LogP contribution in [0.4, 0.5) is 11.5 Å². The number of pyridine rings is 1. The molecule has 0 bridgehead atoms. The van der Waals surface area contributed by atoms with E-state index in [-0.39, 0.29) is 0 Å². The summed E-state index contributed by atoms with van der Waals surface area (Å²) in [6.45, 7) is 1.04. The van der Waals surface area contributed by atoms with Gasteiger partial charge in [-0.25, -0.2) is 4.98 Å². The molecule has 4 heteroatoms. The molecule has 1 aromatic heterocycles. The van der Waals surface area contributed by atoms with E-state index in [0.717, 1.165) is 22.5 Å². The van der Waals surface area contributed by atoms with Crippen LogP contribution in [0.15, 0.2) is 16.7 Å². The lowest BCUT2D eigenvalue weighted by molar-refractivity contribution is 0.267. The second-order valence-electron chi connectivity index (χ2n) is 4.49. The van der Waals surface area contributed by atoms with Crippen LogP contribution in [0.1, 0.15) is 25.7 Å². The maximum atomic E-state index is 4.44. The molecule has 0 aromatic carbocycles. The summed E-state index contributed by atoms with van der Waals surface area (Å²) >= 11 is 3.45. The summed E-state index contributed by atoms with van der Waals surface area (Å²) < 4.78 is 1.03. The lowest BCUT2D eigenvalue weighted by atomic mass is 9.74. The first kappa shape index (κ1) is 9.46. The maximum absolute atomic E-state index is 4.44. The molecule has 3 rings (SSSR count). The SMILES string of the molecule is Brc1cnc2c(c1)NCCC1(CCC1)N2. The molecule has 0 atom stereocenters. The van der Waals surface area contributed by atoms with E-state index in [2.05, 4.69) is 37.6 Å². The molecule has 1 aromatic rings. The molecule has 1 aliphatic carbocycles. The molecular weight excluding hydrogens is 254 g/mol. The molecule has 0 saturated heterocycles. The molecule has 80 valence electrons. The van der Waals surface area contributed by atoms with Crippen molar-refractivity contribution in [2.45, 2.75) is 31.2 Å². The Kier molecular flexibility index (Phi) is 2.12. The highest BCUT2D eigenvalue weighted by Gasteiger charge is 2.38. The molecule has 0 unspecified atom stereocenters. The maximum Gasteiger partial charge on any atom is 0.149 e. The minimum absolute atomic E-state index is 0.332. The second kappa shape index (κ2) is 3.37. The van der Waals surface area contributed by atoms with Crippen molar-refractivity contribution >= 4 is 27.4 Å². The van der Waals surface area contributed by atoms with Crippen molar-refractivity contribution in [3.63, 3.8) is 0 Å². The third-order valence-electron chi connectivity index (χ3n) is 3.47. The summed E-state index contributed by atoms with van der Waals surface area (Å²) in [6, 6.07) is 2.09. The molecule has 3 nitrogen and oxygen atoms in total. The predicted molar refractivity (Wildman–Crippen MR) is 65.2 cm³/mol. The van der Waals surface area contributed by atoms with Crippen LogP contribution in [0, 0.1) is 0 Å². The van der Waals surface area contributed by atoms with Gasteiger partial charge in [0.15, 0.2) is 0 Å². The Morgan fingerprint density at radius 3 is 2.93 bits per heavy atom. The molecule has 2 heterocycles. The van der Waals surface area contributed by atoms with Crippen molar-refractivity contribution in [1.82, 2.24) is 4.98 Å². The number of aromatic nitrogens is 1. The lowest BCUT2D eigenvalue weighted by Crippen LogP contribution is -2.45. The van der Waals surface area contributed by atoms with Gasteiger partial charge >= 0.3 is 0 Å². The van der Waals surface area contributed by atoms with E-state index in [9.17, 15) is 0 Å². The van der Waals surface area contributed by atoms with E-state index in [0.29, 0.717) is 5.54 Å². The molecule has 15 heavy (non-hydrogen) atoms. The van der Waals surface area contributed by atoms with E-state index in [1.54, 1.807) is 0 Å². The van der Waals surface area contributed by atoms with Gasteiger partial charge in [-0.1, -0.05) is 0 Å². The van der Waals surface area contributed by atoms with Gasteiger partial charge in [0, 0.05) is 22.8 Å². The van der Waals surface area contributed by atoms with Gasteiger partial charge in [0.1, 0.15) is 5.82 Å². The number of nitrogens with one attached hydrogen (secondary N) is 2. The van der Waals surface area contributed by atoms with Crippen LogP contribution in [-0.4, -0.2) is 17.1 Å². The standard InChI is InChI=1S/C11H14BrN3/c12-8-6-9-10(14-7-8)15-11(2-1-3-11)4-5-13-9/h6-7,13H,1-5H2,(H,14,15). The quantitative estimate of drug-likeness (QED) is 0.759. The molecule has 2 N–H and O–H groups in total. The van der Waals surface area contributed by atoms with Crippen molar-refractivity contribution in [2.75, 3.05) is 17.2 Å². The molecule has 1 spiro atoms. The predicted octanol–water partition coefficient (Wildman–Crippen LogP) is 2.99. The van der Waals surface area contributed by atoms with Crippen LogP contribution in [0.3, 0.4) is 0 Å². The Balaban J connectivity index is 1.95. The van der Waals surface area contributed by atoms with E-state index < -0.39 is 0 Å². The van der Waals surface area contributed by atoms with Crippen LogP contribution in [0.5, 0.6) is 0 Å². The Morgan fingerprint density at radius 2 is 2.20 bits per heavy atom. The molecule has 1 fully saturated rings. The van der Waals surface area contributed by atoms with E-state index in [1.807, 2.05) is 6.20 Å². The van der Waals surface area contributed by atoms with Gasteiger partial charge in [-0.3, -0.25) is 0 Å². The van der Waals surface area contributed by atoms with E-state index in [1.165, 1.54) is 25.7 Å². The van der Waals surface area contributed by atoms with E-state index >= 15 is 0 Å². The van der Waals surface area contributed by atoms with Crippen LogP contribution >= 0.6 is 15.9 Å². The highest BCUT2D eigenvalue weighted by molar-refractivity contribution is 9.10. The fourth-order valence-electron chi connectivity index (χ4n) is 2.40. The first-order valence-electron chi connectivity index (χ1n) is 5.45. The summed E-state index contributed by atoms with van der Waals surface area (Å²) in [4.78, 5) is 4.44. The van der Waals surface area contributed by atoms with Crippen LogP contribution in [0.25, 0.3) is 0 Å². The zero-order valence-electron chi connectivity index (χ0n) is 8.52. The summed E-state index contributed by atoms with van der Waals surface area (Å²) in [5.74, 6) is 1.01. The summed E-state index contributed by atoms with van der Waals surface area (Å²) in [5.41, 5.74) is 1.45. The average Bonchev–Trinajstić information content (AvgIpc) is 2.35. The monoisotopic (exact) mass is 267 g/mol. The van der Waals surface area contributed by atoms with Crippen molar-refractivity contribution in [3.05, 3.63) is 16.7 Å². The summed E-state index contributed by atoms with van der Waals surface area (Å²) in [7, 11) is 0. The smallest absolute Gasteiger partial charge is 0.149 e. The number of halogens is 1. The van der Waals surface area contributed by atoms with Gasteiger partial charge < -0.3 is 10.6 Å². The Hall–Kier alpha value is -0.770. The third-order valence-corrected chi connectivity index (χ3v) is 3.90. The number of rotatable bonds is 0. The molecule has 0 radical (unpaired) electrons. The van der Waals surface area contributed by atoms with Gasteiger partial charge in [-0.05, 0) is 47.7 Å². The van der Waals surface area contributed by atoms with E-state index in [4.69, 9.17) is 0 Å². The minimum atomic E-state index is 0.332.